The van der Waals surface area contributed by atoms with E-state index >= 15 is 0 Å². The van der Waals surface area contributed by atoms with Crippen LogP contribution in [0.15, 0.2) is 30.3 Å². The number of piperidine rings is 1. The molecular formula is C16H19FN2O2. The molecule has 0 radical (unpaired) electrons. The van der Waals surface area contributed by atoms with Gasteiger partial charge in [-0.15, -0.1) is 0 Å². The van der Waals surface area contributed by atoms with E-state index in [1.807, 2.05) is 6.92 Å². The summed E-state index contributed by atoms with van der Waals surface area (Å²) in [5.74, 6) is -1.10. The van der Waals surface area contributed by atoms with Crippen LogP contribution in [0.25, 0.3) is 6.08 Å². The average Bonchev–Trinajstić information content (AvgIpc) is 2.46. The van der Waals surface area contributed by atoms with Crippen LogP contribution in [-0.4, -0.2) is 29.3 Å². The van der Waals surface area contributed by atoms with E-state index in [1.165, 1.54) is 18.2 Å². The minimum Gasteiger partial charge on any atom is -0.369 e. The van der Waals surface area contributed by atoms with Crippen molar-refractivity contribution in [1.29, 1.82) is 0 Å². The maximum absolute atomic E-state index is 12.8. The first-order valence-corrected chi connectivity index (χ1v) is 7.01. The summed E-state index contributed by atoms with van der Waals surface area (Å²) in [4.78, 5) is 25.2. The van der Waals surface area contributed by atoms with Gasteiger partial charge in [-0.1, -0.05) is 12.1 Å². The number of halogens is 1. The van der Waals surface area contributed by atoms with Gasteiger partial charge in [-0.05, 0) is 43.5 Å². The summed E-state index contributed by atoms with van der Waals surface area (Å²) in [5.41, 5.74) is 6.07. The fraction of sp³-hybridized carbons (Fsp3) is 0.375. The van der Waals surface area contributed by atoms with Crippen molar-refractivity contribution in [1.82, 2.24) is 4.90 Å². The highest BCUT2D eigenvalue weighted by molar-refractivity contribution is 5.92. The molecule has 1 aliphatic heterocycles. The van der Waals surface area contributed by atoms with E-state index in [0.29, 0.717) is 6.54 Å². The van der Waals surface area contributed by atoms with Crippen molar-refractivity contribution < 1.29 is 14.0 Å². The van der Waals surface area contributed by atoms with E-state index in [-0.39, 0.29) is 29.6 Å². The van der Waals surface area contributed by atoms with Gasteiger partial charge in [0.15, 0.2) is 0 Å². The third-order valence-electron chi connectivity index (χ3n) is 3.86. The summed E-state index contributed by atoms with van der Waals surface area (Å²) in [5, 5.41) is 0. The van der Waals surface area contributed by atoms with E-state index < -0.39 is 0 Å². The lowest BCUT2D eigenvalue weighted by Crippen LogP contribution is -2.48. The summed E-state index contributed by atoms with van der Waals surface area (Å²) in [6, 6.07) is 5.98. The molecule has 1 aliphatic rings. The minimum absolute atomic E-state index is 0.0889. The third-order valence-corrected chi connectivity index (χ3v) is 3.86. The van der Waals surface area contributed by atoms with Crippen LogP contribution in [0.4, 0.5) is 4.39 Å². The van der Waals surface area contributed by atoms with Crippen LogP contribution >= 0.6 is 0 Å². The number of rotatable bonds is 3. The topological polar surface area (TPSA) is 63.4 Å². The molecule has 1 aromatic carbocycles. The second-order valence-corrected chi connectivity index (χ2v) is 5.40. The second-order valence-electron chi connectivity index (χ2n) is 5.40. The van der Waals surface area contributed by atoms with E-state index in [4.69, 9.17) is 5.73 Å². The summed E-state index contributed by atoms with van der Waals surface area (Å²) >= 11 is 0. The number of nitrogens with two attached hydrogens (primary N) is 1. The first-order chi connectivity index (χ1) is 9.97. The molecule has 2 unspecified atom stereocenters. The van der Waals surface area contributed by atoms with E-state index in [1.54, 1.807) is 23.1 Å². The highest BCUT2D eigenvalue weighted by atomic mass is 19.1. The Balaban J connectivity index is 2.04. The number of benzene rings is 1. The highest BCUT2D eigenvalue weighted by Crippen LogP contribution is 2.22. The summed E-state index contributed by atoms with van der Waals surface area (Å²) < 4.78 is 12.8. The zero-order valence-electron chi connectivity index (χ0n) is 12.0. The van der Waals surface area contributed by atoms with Crippen molar-refractivity contribution in [3.63, 3.8) is 0 Å². The first kappa shape index (κ1) is 15.2. The molecule has 1 aromatic rings. The lowest BCUT2D eigenvalue weighted by molar-refractivity contribution is -0.133. The van der Waals surface area contributed by atoms with Gasteiger partial charge in [-0.25, -0.2) is 4.39 Å². The SMILES string of the molecule is CC1CCC(C(N)=O)CN1C(=O)/C=C/c1ccc(F)cc1. The molecule has 21 heavy (non-hydrogen) atoms. The Hall–Kier alpha value is -2.17. The normalized spacial score (nSPS) is 22.5. The second kappa shape index (κ2) is 6.52. The zero-order valence-corrected chi connectivity index (χ0v) is 12.0. The standard InChI is InChI=1S/C16H19FN2O2/c1-11-2-6-13(16(18)21)10-19(11)15(20)9-5-12-3-7-14(17)8-4-12/h3-5,7-9,11,13H,2,6,10H2,1H3,(H2,18,21)/b9-5+. The largest absolute Gasteiger partial charge is 0.369 e. The maximum atomic E-state index is 12.8. The van der Waals surface area contributed by atoms with E-state index in [2.05, 4.69) is 0 Å². The van der Waals surface area contributed by atoms with Gasteiger partial charge in [0, 0.05) is 18.7 Å². The number of hydrogen-bond donors (Lipinski definition) is 1. The molecule has 4 nitrogen and oxygen atoms in total. The van der Waals surface area contributed by atoms with Gasteiger partial charge in [0.05, 0.1) is 5.92 Å². The quantitative estimate of drug-likeness (QED) is 0.865. The van der Waals surface area contributed by atoms with Gasteiger partial charge < -0.3 is 10.6 Å². The predicted molar refractivity (Wildman–Crippen MR) is 78.5 cm³/mol. The van der Waals surface area contributed by atoms with Crippen LogP contribution in [0.3, 0.4) is 0 Å². The summed E-state index contributed by atoms with van der Waals surface area (Å²) in [6.45, 7) is 2.32. The van der Waals surface area contributed by atoms with Gasteiger partial charge in [0.1, 0.15) is 5.82 Å². The molecular weight excluding hydrogens is 271 g/mol. The van der Waals surface area contributed by atoms with Crippen molar-refractivity contribution in [3.8, 4) is 0 Å². The Bertz CT molecular complexity index is 554. The molecule has 2 N–H and O–H groups in total. The Kier molecular flexibility index (Phi) is 4.73. The van der Waals surface area contributed by atoms with Crippen molar-refractivity contribution in [2.24, 2.45) is 11.7 Å². The molecule has 1 saturated heterocycles. The molecule has 0 aliphatic carbocycles. The number of hydrogen-bond acceptors (Lipinski definition) is 2. The first-order valence-electron chi connectivity index (χ1n) is 7.01. The Labute approximate surface area is 123 Å². The number of carbonyl (C=O) groups is 2. The molecule has 1 heterocycles. The molecule has 5 heteroatoms. The van der Waals surface area contributed by atoms with Crippen LogP contribution in [0, 0.1) is 11.7 Å². The van der Waals surface area contributed by atoms with Crippen molar-refractivity contribution in [2.75, 3.05) is 6.54 Å². The molecule has 2 rings (SSSR count). The fourth-order valence-electron chi connectivity index (χ4n) is 2.48. The Morgan fingerprint density at radius 2 is 1.95 bits per heavy atom. The van der Waals surface area contributed by atoms with Crippen molar-refractivity contribution >= 4 is 17.9 Å². The smallest absolute Gasteiger partial charge is 0.246 e. The van der Waals surface area contributed by atoms with Crippen LogP contribution in [0.1, 0.15) is 25.3 Å². The van der Waals surface area contributed by atoms with Crippen molar-refractivity contribution in [2.45, 2.75) is 25.8 Å². The van der Waals surface area contributed by atoms with Crippen LogP contribution in [0.5, 0.6) is 0 Å². The molecule has 2 atom stereocenters. The fourth-order valence-corrected chi connectivity index (χ4v) is 2.48. The third kappa shape index (κ3) is 3.90. The Morgan fingerprint density at radius 3 is 2.57 bits per heavy atom. The molecule has 2 amide bonds. The van der Waals surface area contributed by atoms with Crippen LogP contribution < -0.4 is 5.73 Å². The van der Waals surface area contributed by atoms with Gasteiger partial charge in [-0.2, -0.15) is 0 Å². The van der Waals surface area contributed by atoms with Gasteiger partial charge in [0.2, 0.25) is 11.8 Å². The van der Waals surface area contributed by atoms with Crippen molar-refractivity contribution in [3.05, 3.63) is 41.7 Å². The lowest BCUT2D eigenvalue weighted by atomic mass is 9.93. The summed E-state index contributed by atoms with van der Waals surface area (Å²) in [7, 11) is 0. The van der Waals surface area contributed by atoms with E-state index in [9.17, 15) is 14.0 Å². The number of primary amides is 1. The number of amides is 2. The summed E-state index contributed by atoms with van der Waals surface area (Å²) in [6.07, 6.45) is 4.58. The molecule has 1 fully saturated rings. The number of likely N-dealkylation sites (tertiary alicyclic amines) is 1. The minimum atomic E-state index is -0.359. The molecule has 112 valence electrons. The average molecular weight is 290 g/mol. The van der Waals surface area contributed by atoms with Crippen LogP contribution in [-0.2, 0) is 9.59 Å². The molecule has 0 bridgehead atoms. The van der Waals surface area contributed by atoms with Gasteiger partial charge in [-0.3, -0.25) is 9.59 Å². The highest BCUT2D eigenvalue weighted by Gasteiger charge is 2.30. The lowest BCUT2D eigenvalue weighted by Gasteiger charge is -2.36. The Morgan fingerprint density at radius 1 is 1.29 bits per heavy atom. The zero-order chi connectivity index (χ0) is 15.4. The number of carbonyl (C=O) groups excluding carboxylic acids is 2. The molecule has 0 spiro atoms. The van der Waals surface area contributed by atoms with Crippen LogP contribution in [0.2, 0.25) is 0 Å². The monoisotopic (exact) mass is 290 g/mol. The maximum Gasteiger partial charge on any atom is 0.246 e. The molecule has 0 saturated carbocycles. The van der Waals surface area contributed by atoms with Gasteiger partial charge in [0.25, 0.3) is 0 Å². The van der Waals surface area contributed by atoms with Gasteiger partial charge >= 0.3 is 0 Å². The predicted octanol–water partition coefficient (Wildman–Crippen LogP) is 1.95. The van der Waals surface area contributed by atoms with E-state index in [0.717, 1.165) is 18.4 Å². The molecule has 0 aromatic heterocycles. The number of nitrogens with zero attached hydrogens (tertiary/aromatic N) is 1.